The quantitative estimate of drug-likeness (QED) is 0.192. The Morgan fingerprint density at radius 3 is 1.17 bits per heavy atom. The molecule has 2 atom stereocenters. The zero-order valence-corrected chi connectivity index (χ0v) is 32.0. The number of benzene rings is 2. The molecule has 4 nitrogen and oxygen atoms in total. The maximum atomic E-state index is 6.64. The summed E-state index contributed by atoms with van der Waals surface area (Å²) in [6, 6.07) is 14.2. The Balaban J connectivity index is 1.69. The predicted octanol–water partition coefficient (Wildman–Crippen LogP) is 9.76. The molecule has 0 amide bonds. The van der Waals surface area contributed by atoms with E-state index in [1.165, 1.54) is 73.6 Å². The lowest BCUT2D eigenvalue weighted by Gasteiger charge is -2.39. The molecule has 0 N–H and O–H groups in total. The van der Waals surface area contributed by atoms with Crippen LogP contribution >= 0.6 is 0 Å². The van der Waals surface area contributed by atoms with Crippen molar-refractivity contribution in [1.82, 2.24) is 0 Å². The van der Waals surface area contributed by atoms with Gasteiger partial charge in [-0.05, 0) is 113 Å². The highest BCUT2D eigenvalue weighted by Gasteiger charge is 2.54. The Labute approximate surface area is 288 Å². The molecule has 5 rings (SSSR count). The molecular weight excluding hydrogens is 578 g/mol. The first-order chi connectivity index (χ1) is 22.0. The molecule has 0 unspecified atom stereocenters. The van der Waals surface area contributed by atoms with Crippen LogP contribution in [0.5, 0.6) is 0 Å². The molecule has 2 aliphatic heterocycles. The van der Waals surface area contributed by atoms with Gasteiger partial charge in [-0.25, -0.2) is 0 Å². The van der Waals surface area contributed by atoms with E-state index in [0.717, 1.165) is 23.8 Å². The Bertz CT molecular complexity index is 1260. The van der Waals surface area contributed by atoms with Crippen molar-refractivity contribution in [3.63, 3.8) is 0 Å². The second-order valence-electron chi connectivity index (χ2n) is 17.1. The second kappa shape index (κ2) is 13.6. The fourth-order valence-electron chi connectivity index (χ4n) is 8.18. The highest BCUT2D eigenvalue weighted by atomic mass is 16.7. The van der Waals surface area contributed by atoms with Gasteiger partial charge in [0.15, 0.2) is 0 Å². The number of hydrogen-bond acceptors (Lipinski definition) is 4. The van der Waals surface area contributed by atoms with E-state index in [1.807, 2.05) is 0 Å². The van der Waals surface area contributed by atoms with E-state index < -0.39 is 0 Å². The van der Waals surface area contributed by atoms with Crippen LogP contribution in [0.3, 0.4) is 0 Å². The van der Waals surface area contributed by atoms with Crippen molar-refractivity contribution in [3.8, 4) is 11.1 Å². The number of hydrogen-bond donors (Lipinski definition) is 0. The van der Waals surface area contributed by atoms with Crippen molar-refractivity contribution >= 4 is 25.2 Å². The highest BCUT2D eigenvalue weighted by Crippen LogP contribution is 2.56. The smallest absolute Gasteiger partial charge is 0.399 e. The van der Waals surface area contributed by atoms with E-state index in [9.17, 15) is 0 Å². The third-order valence-corrected chi connectivity index (χ3v) is 12.8. The molecule has 0 radical (unpaired) electrons. The van der Waals surface area contributed by atoms with E-state index >= 15 is 0 Å². The summed E-state index contributed by atoms with van der Waals surface area (Å²) < 4.78 is 26.5. The van der Waals surface area contributed by atoms with Crippen LogP contribution in [0.1, 0.15) is 158 Å². The third-order valence-electron chi connectivity index (χ3n) is 12.8. The molecule has 2 fully saturated rings. The minimum Gasteiger partial charge on any atom is -0.399 e. The predicted molar refractivity (Wildman–Crippen MR) is 200 cm³/mol. The van der Waals surface area contributed by atoms with Gasteiger partial charge in [0, 0.05) is 5.41 Å². The van der Waals surface area contributed by atoms with Gasteiger partial charge in [0.1, 0.15) is 0 Å². The molecule has 3 aliphatic rings. The van der Waals surface area contributed by atoms with Crippen LogP contribution in [0.25, 0.3) is 11.1 Å². The van der Waals surface area contributed by atoms with Gasteiger partial charge < -0.3 is 18.6 Å². The summed E-state index contributed by atoms with van der Waals surface area (Å²) in [5.41, 5.74) is 6.32. The van der Waals surface area contributed by atoms with Gasteiger partial charge in [0.2, 0.25) is 0 Å². The average Bonchev–Trinajstić information content (AvgIpc) is 3.51. The van der Waals surface area contributed by atoms with Gasteiger partial charge in [-0.3, -0.25) is 0 Å². The van der Waals surface area contributed by atoms with Gasteiger partial charge in [-0.1, -0.05) is 115 Å². The Morgan fingerprint density at radius 2 is 0.872 bits per heavy atom. The van der Waals surface area contributed by atoms with Gasteiger partial charge in [0.25, 0.3) is 0 Å². The van der Waals surface area contributed by atoms with Crippen molar-refractivity contribution < 1.29 is 18.6 Å². The van der Waals surface area contributed by atoms with Gasteiger partial charge >= 0.3 is 14.2 Å². The fourth-order valence-corrected chi connectivity index (χ4v) is 8.18. The maximum Gasteiger partial charge on any atom is 0.494 e. The van der Waals surface area contributed by atoms with Crippen molar-refractivity contribution in [2.75, 3.05) is 0 Å². The molecule has 0 spiro atoms. The zero-order chi connectivity index (χ0) is 34.4. The lowest BCUT2D eigenvalue weighted by molar-refractivity contribution is 0.00578. The summed E-state index contributed by atoms with van der Waals surface area (Å²) >= 11 is 0. The Morgan fingerprint density at radius 1 is 0.532 bits per heavy atom. The van der Waals surface area contributed by atoms with E-state index in [2.05, 4.69) is 119 Å². The molecule has 0 bridgehead atoms. The van der Waals surface area contributed by atoms with Crippen molar-refractivity contribution in [1.29, 1.82) is 0 Å². The molecule has 47 heavy (non-hydrogen) atoms. The van der Waals surface area contributed by atoms with Gasteiger partial charge in [-0.15, -0.1) is 0 Å². The summed E-state index contributed by atoms with van der Waals surface area (Å²) in [5, 5.41) is 0. The van der Waals surface area contributed by atoms with E-state index in [4.69, 9.17) is 18.6 Å². The summed E-state index contributed by atoms with van der Waals surface area (Å²) in [4.78, 5) is 0. The molecule has 2 aromatic carbocycles. The monoisotopic (exact) mass is 642 g/mol. The number of rotatable bonds is 14. The molecule has 2 saturated heterocycles. The minimum absolute atomic E-state index is 0.104. The summed E-state index contributed by atoms with van der Waals surface area (Å²) in [5.74, 6) is 1.30. The zero-order valence-electron chi connectivity index (χ0n) is 32.0. The van der Waals surface area contributed by atoms with Crippen LogP contribution in [-0.4, -0.2) is 36.6 Å². The molecule has 258 valence electrons. The molecule has 2 aromatic rings. The van der Waals surface area contributed by atoms with Crippen molar-refractivity contribution in [2.45, 2.75) is 175 Å². The maximum absolute atomic E-state index is 6.64. The Kier molecular flexibility index (Phi) is 10.6. The highest BCUT2D eigenvalue weighted by molar-refractivity contribution is 6.62. The fraction of sp³-hybridized carbons (Fsp3) is 0.707. The van der Waals surface area contributed by atoms with Crippen LogP contribution < -0.4 is 10.9 Å². The average molecular weight is 643 g/mol. The lowest BCUT2D eigenvalue weighted by atomic mass is 9.63. The summed E-state index contributed by atoms with van der Waals surface area (Å²) in [7, 11) is -0.757. The second-order valence-corrected chi connectivity index (χ2v) is 17.1. The van der Waals surface area contributed by atoms with E-state index in [-0.39, 0.29) is 42.1 Å². The largest absolute Gasteiger partial charge is 0.494 e. The minimum atomic E-state index is -0.380. The molecule has 0 saturated carbocycles. The molecule has 2 heterocycles. The molecule has 1 aliphatic carbocycles. The van der Waals surface area contributed by atoms with Crippen LogP contribution in [-0.2, 0) is 24.0 Å². The molecular formula is C41H64B2O4. The summed E-state index contributed by atoms with van der Waals surface area (Å²) in [6.07, 6.45) is 12.3. The van der Waals surface area contributed by atoms with Crippen LogP contribution in [0.2, 0.25) is 0 Å². The topological polar surface area (TPSA) is 36.9 Å². The van der Waals surface area contributed by atoms with Gasteiger partial charge in [-0.2, -0.15) is 0 Å². The van der Waals surface area contributed by atoms with Crippen LogP contribution in [0.4, 0.5) is 0 Å². The molecule has 0 aromatic heterocycles. The molecule has 6 heteroatoms. The third kappa shape index (κ3) is 6.80. The van der Waals surface area contributed by atoms with Crippen LogP contribution in [0, 0.1) is 11.8 Å². The number of unbranched alkanes of at least 4 members (excludes halogenated alkanes) is 2. The number of fused-ring (bicyclic) bond motifs is 3. The lowest BCUT2D eigenvalue weighted by Crippen LogP contribution is -2.41. The van der Waals surface area contributed by atoms with Gasteiger partial charge in [0.05, 0.1) is 22.4 Å². The first-order valence-corrected chi connectivity index (χ1v) is 19.0. The van der Waals surface area contributed by atoms with Crippen molar-refractivity contribution in [3.05, 3.63) is 47.5 Å². The summed E-state index contributed by atoms with van der Waals surface area (Å²) in [6.45, 7) is 26.7. The van der Waals surface area contributed by atoms with E-state index in [0.29, 0.717) is 11.8 Å². The first-order valence-electron chi connectivity index (χ1n) is 19.0. The Hall–Kier alpha value is -1.59. The van der Waals surface area contributed by atoms with E-state index in [1.54, 1.807) is 0 Å². The SMILES string of the molecule is CCCC[C@H](CC)CC1(C[C@@H](CC)CCCC)c2cc(B3OC(C)(C)C(C)(C)O3)ccc2-c2ccc(B3OC(C)(C)C(C)(C)O3)cc21. The first kappa shape index (κ1) is 36.7. The van der Waals surface area contributed by atoms with Crippen LogP contribution in [0.15, 0.2) is 36.4 Å². The van der Waals surface area contributed by atoms with Crippen molar-refractivity contribution in [2.24, 2.45) is 11.8 Å². The normalized spacial score (nSPS) is 22.7. The standard InChI is InChI=1S/C41H64B2O4/c1-13-17-19-29(15-3)27-41(28-30(16-4)20-18-14-2)35-25-31(42-44-37(5,6)38(7,8)45-42)21-23-33(35)34-24-22-32(26-36(34)41)43-46-39(9,10)40(11,12)47-43/h21-26,29-30H,13-20,27-28H2,1-12H3/t29-,30-/m0/s1.